The molecule has 2 nitrogen and oxygen atoms in total. The fraction of sp³-hybridized carbons (Fsp3) is 0.647. The molecule has 0 aromatic heterocycles. The summed E-state index contributed by atoms with van der Waals surface area (Å²) in [5, 5.41) is 0. The van der Waals surface area contributed by atoms with E-state index in [0.717, 1.165) is 5.92 Å². The van der Waals surface area contributed by atoms with Gasteiger partial charge in [0.25, 0.3) is 0 Å². The van der Waals surface area contributed by atoms with Crippen molar-refractivity contribution >= 4 is 0 Å². The average molecular weight is 260 g/mol. The largest absolute Gasteiger partial charge is 0.329 e. The Bertz CT molecular complexity index is 427. The van der Waals surface area contributed by atoms with Crippen molar-refractivity contribution in [3.8, 4) is 0 Å². The van der Waals surface area contributed by atoms with Gasteiger partial charge in [0.05, 0.1) is 0 Å². The summed E-state index contributed by atoms with van der Waals surface area (Å²) in [6.07, 6.45) is 2.65. The quantitative estimate of drug-likeness (QED) is 0.902. The molecule has 3 unspecified atom stereocenters. The van der Waals surface area contributed by atoms with Gasteiger partial charge in [-0.15, -0.1) is 0 Å². The summed E-state index contributed by atoms with van der Waals surface area (Å²) in [5.74, 6) is 0.771. The fourth-order valence-corrected chi connectivity index (χ4v) is 3.37. The van der Waals surface area contributed by atoms with E-state index in [1.54, 1.807) is 0 Å². The van der Waals surface area contributed by atoms with Crippen LogP contribution < -0.4 is 5.73 Å². The number of piperidine rings is 1. The Balaban J connectivity index is 2.30. The Morgan fingerprint density at radius 1 is 1.32 bits per heavy atom. The monoisotopic (exact) mass is 260 g/mol. The minimum atomic E-state index is 0.373. The molecular formula is C17H28N2. The molecule has 1 aliphatic heterocycles. The van der Waals surface area contributed by atoms with Gasteiger partial charge in [0.15, 0.2) is 0 Å². The summed E-state index contributed by atoms with van der Waals surface area (Å²) in [5.41, 5.74) is 10.2. The van der Waals surface area contributed by atoms with Crippen LogP contribution in [-0.2, 0) is 0 Å². The molecule has 2 N–H and O–H groups in total. The number of benzene rings is 1. The van der Waals surface area contributed by atoms with Gasteiger partial charge in [0.1, 0.15) is 0 Å². The van der Waals surface area contributed by atoms with Gasteiger partial charge < -0.3 is 5.73 Å². The molecule has 1 heterocycles. The van der Waals surface area contributed by atoms with Gasteiger partial charge in [-0.3, -0.25) is 4.90 Å². The number of hydrogen-bond acceptors (Lipinski definition) is 2. The van der Waals surface area contributed by atoms with Crippen LogP contribution in [0.1, 0.15) is 49.4 Å². The third-order valence-electron chi connectivity index (χ3n) is 4.84. The molecule has 0 bridgehead atoms. The molecule has 19 heavy (non-hydrogen) atoms. The van der Waals surface area contributed by atoms with E-state index in [9.17, 15) is 0 Å². The zero-order valence-corrected chi connectivity index (χ0v) is 12.8. The molecule has 0 amide bonds. The van der Waals surface area contributed by atoms with E-state index in [0.29, 0.717) is 18.6 Å². The smallest absolute Gasteiger partial charge is 0.0476 e. The first-order chi connectivity index (χ1) is 9.04. The Kier molecular flexibility index (Phi) is 4.64. The maximum absolute atomic E-state index is 6.12. The molecule has 0 saturated carbocycles. The van der Waals surface area contributed by atoms with Crippen LogP contribution in [0.25, 0.3) is 0 Å². The summed E-state index contributed by atoms with van der Waals surface area (Å²) in [7, 11) is 0. The second kappa shape index (κ2) is 6.06. The van der Waals surface area contributed by atoms with Crippen molar-refractivity contribution in [1.29, 1.82) is 0 Å². The third-order valence-corrected chi connectivity index (χ3v) is 4.84. The Morgan fingerprint density at radius 2 is 2.05 bits per heavy atom. The van der Waals surface area contributed by atoms with Gasteiger partial charge in [-0.05, 0) is 57.2 Å². The van der Waals surface area contributed by atoms with Crippen molar-refractivity contribution in [3.63, 3.8) is 0 Å². The molecule has 2 rings (SSSR count). The van der Waals surface area contributed by atoms with Gasteiger partial charge in [0, 0.05) is 18.6 Å². The summed E-state index contributed by atoms with van der Waals surface area (Å²) in [4.78, 5) is 2.62. The van der Waals surface area contributed by atoms with Crippen molar-refractivity contribution in [2.75, 3.05) is 13.1 Å². The number of nitrogens with zero attached hydrogens (tertiary/aromatic N) is 1. The predicted molar refractivity (Wildman–Crippen MR) is 82.3 cm³/mol. The number of likely N-dealkylation sites (tertiary alicyclic amines) is 1. The van der Waals surface area contributed by atoms with Gasteiger partial charge in [-0.1, -0.05) is 30.7 Å². The standard InChI is InChI=1S/C17H28N2/c1-12-7-8-14(3)16(10-12)17(11-18)19-9-5-6-13(2)15(19)4/h7-8,10,13,15,17H,5-6,9,11,18H2,1-4H3. The van der Waals surface area contributed by atoms with Crippen LogP contribution in [0.4, 0.5) is 0 Å². The zero-order valence-electron chi connectivity index (χ0n) is 12.8. The summed E-state index contributed by atoms with van der Waals surface area (Å²) in [6, 6.07) is 7.73. The zero-order chi connectivity index (χ0) is 14.0. The van der Waals surface area contributed by atoms with Gasteiger partial charge in [-0.2, -0.15) is 0 Å². The van der Waals surface area contributed by atoms with E-state index in [4.69, 9.17) is 5.73 Å². The molecule has 1 saturated heterocycles. The molecule has 0 spiro atoms. The highest BCUT2D eigenvalue weighted by Gasteiger charge is 2.30. The van der Waals surface area contributed by atoms with Crippen molar-refractivity contribution in [3.05, 3.63) is 34.9 Å². The van der Waals surface area contributed by atoms with Crippen LogP contribution in [-0.4, -0.2) is 24.0 Å². The minimum absolute atomic E-state index is 0.373. The van der Waals surface area contributed by atoms with Crippen molar-refractivity contribution in [2.45, 2.75) is 52.6 Å². The van der Waals surface area contributed by atoms with Crippen LogP contribution in [0.2, 0.25) is 0 Å². The Labute approximate surface area is 118 Å². The number of hydrogen-bond donors (Lipinski definition) is 1. The number of rotatable bonds is 3. The van der Waals surface area contributed by atoms with E-state index in [1.165, 1.54) is 36.1 Å². The highest BCUT2D eigenvalue weighted by Crippen LogP contribution is 2.32. The summed E-state index contributed by atoms with van der Waals surface area (Å²) >= 11 is 0. The highest BCUT2D eigenvalue weighted by molar-refractivity contribution is 5.33. The second-order valence-electron chi connectivity index (χ2n) is 6.21. The lowest BCUT2D eigenvalue weighted by molar-refractivity contribution is 0.0707. The molecule has 2 heteroatoms. The minimum Gasteiger partial charge on any atom is -0.329 e. The van der Waals surface area contributed by atoms with E-state index >= 15 is 0 Å². The SMILES string of the molecule is Cc1ccc(C)c(C(CN)N2CCCC(C)C2C)c1. The summed E-state index contributed by atoms with van der Waals surface area (Å²) < 4.78 is 0. The van der Waals surface area contributed by atoms with Crippen LogP contribution in [0, 0.1) is 19.8 Å². The van der Waals surface area contributed by atoms with E-state index in [-0.39, 0.29) is 0 Å². The molecule has 1 fully saturated rings. The molecule has 1 aromatic rings. The first-order valence-electron chi connectivity index (χ1n) is 7.57. The molecule has 0 radical (unpaired) electrons. The molecule has 3 atom stereocenters. The lowest BCUT2D eigenvalue weighted by Gasteiger charge is -2.43. The topological polar surface area (TPSA) is 29.3 Å². The predicted octanol–water partition coefficient (Wildman–Crippen LogP) is 3.42. The molecule has 1 aliphatic rings. The molecular weight excluding hydrogens is 232 g/mol. The van der Waals surface area contributed by atoms with Gasteiger partial charge >= 0.3 is 0 Å². The van der Waals surface area contributed by atoms with E-state index in [1.807, 2.05) is 0 Å². The van der Waals surface area contributed by atoms with Crippen molar-refractivity contribution in [1.82, 2.24) is 4.90 Å². The van der Waals surface area contributed by atoms with Crippen LogP contribution in [0.5, 0.6) is 0 Å². The highest BCUT2D eigenvalue weighted by atomic mass is 15.2. The molecule has 1 aromatic carbocycles. The first kappa shape index (κ1) is 14.5. The lowest BCUT2D eigenvalue weighted by Crippen LogP contribution is -2.46. The van der Waals surface area contributed by atoms with Crippen LogP contribution in [0.15, 0.2) is 18.2 Å². The normalized spacial score (nSPS) is 26.4. The van der Waals surface area contributed by atoms with E-state index < -0.39 is 0 Å². The second-order valence-corrected chi connectivity index (χ2v) is 6.21. The maximum atomic E-state index is 6.12. The fourth-order valence-electron chi connectivity index (χ4n) is 3.37. The van der Waals surface area contributed by atoms with Gasteiger partial charge in [0.2, 0.25) is 0 Å². The number of aryl methyl sites for hydroxylation is 2. The lowest BCUT2D eigenvalue weighted by atomic mass is 9.88. The first-order valence-corrected chi connectivity index (χ1v) is 7.57. The van der Waals surface area contributed by atoms with Crippen molar-refractivity contribution in [2.24, 2.45) is 11.7 Å². The Morgan fingerprint density at radius 3 is 2.74 bits per heavy atom. The van der Waals surface area contributed by atoms with E-state index in [2.05, 4.69) is 50.8 Å². The maximum Gasteiger partial charge on any atom is 0.0476 e. The molecule has 0 aliphatic carbocycles. The van der Waals surface area contributed by atoms with Crippen LogP contribution in [0.3, 0.4) is 0 Å². The average Bonchev–Trinajstić information content (AvgIpc) is 2.39. The number of nitrogens with two attached hydrogens (primary N) is 1. The van der Waals surface area contributed by atoms with Crippen LogP contribution >= 0.6 is 0 Å². The Hall–Kier alpha value is -0.860. The third kappa shape index (κ3) is 3.01. The molecule has 106 valence electrons. The summed E-state index contributed by atoms with van der Waals surface area (Å²) in [6.45, 7) is 11.0. The van der Waals surface area contributed by atoms with Gasteiger partial charge in [-0.25, -0.2) is 0 Å². The van der Waals surface area contributed by atoms with Crippen molar-refractivity contribution < 1.29 is 0 Å².